The van der Waals surface area contributed by atoms with Gasteiger partial charge in [-0.3, -0.25) is 4.79 Å². The zero-order chi connectivity index (χ0) is 22.6. The Labute approximate surface area is 187 Å². The summed E-state index contributed by atoms with van der Waals surface area (Å²) in [6.45, 7) is 5.61. The molecule has 0 radical (unpaired) electrons. The van der Waals surface area contributed by atoms with E-state index in [0.29, 0.717) is 13.0 Å². The smallest absolute Gasteiger partial charge is 0.251 e. The Bertz CT molecular complexity index is 1150. The average molecular weight is 461 g/mol. The van der Waals surface area contributed by atoms with Crippen molar-refractivity contribution in [2.24, 2.45) is 0 Å². The summed E-state index contributed by atoms with van der Waals surface area (Å²) in [6, 6.07) is 14.0. The second-order valence-electron chi connectivity index (χ2n) is 8.12. The number of nitrogens with zero attached hydrogens (tertiary/aromatic N) is 2. The molecular weight excluding hydrogens is 436 g/mol. The minimum absolute atomic E-state index is 0.0607. The minimum atomic E-state index is -3.86. The van der Waals surface area contributed by atoms with Gasteiger partial charge in [-0.05, 0) is 69.2 Å². The summed E-state index contributed by atoms with van der Waals surface area (Å²) in [4.78, 5) is 12.4. The lowest BCUT2D eigenvalue weighted by Gasteiger charge is -2.21. The summed E-state index contributed by atoms with van der Waals surface area (Å²) < 4.78 is 29.6. The second kappa shape index (κ2) is 9.21. The minimum Gasteiger partial charge on any atom is -0.352 e. The first kappa shape index (κ1) is 23.0. The number of carbonyl (C=O) groups is 1. The van der Waals surface area contributed by atoms with Crippen molar-refractivity contribution in [1.29, 1.82) is 0 Å². The van der Waals surface area contributed by atoms with Gasteiger partial charge in [-0.1, -0.05) is 23.7 Å². The number of hydrogen-bond acceptors (Lipinski definition) is 4. The number of benzene rings is 2. The maximum Gasteiger partial charge on any atom is 0.251 e. The third-order valence-corrected chi connectivity index (χ3v) is 6.57. The quantitative estimate of drug-likeness (QED) is 0.563. The second-order valence-corrected chi connectivity index (χ2v) is 10.2. The van der Waals surface area contributed by atoms with Gasteiger partial charge in [0.1, 0.15) is 4.90 Å². The van der Waals surface area contributed by atoms with Crippen molar-refractivity contribution < 1.29 is 13.2 Å². The number of aromatic nitrogens is 2. The SMILES string of the molecule is CC(C)(C)NS(=O)(=O)c1cc(C(=O)NCCc2ccc(-n3cccn3)cc2)ccc1Cl. The van der Waals surface area contributed by atoms with Crippen molar-refractivity contribution in [3.8, 4) is 5.69 Å². The van der Waals surface area contributed by atoms with Gasteiger partial charge >= 0.3 is 0 Å². The van der Waals surface area contributed by atoms with E-state index in [1.165, 1.54) is 18.2 Å². The largest absolute Gasteiger partial charge is 0.352 e. The third-order valence-electron chi connectivity index (χ3n) is 4.33. The molecule has 0 saturated heterocycles. The van der Waals surface area contributed by atoms with Gasteiger partial charge in [-0.25, -0.2) is 17.8 Å². The highest BCUT2D eigenvalue weighted by Crippen LogP contribution is 2.24. The average Bonchev–Trinajstić information content (AvgIpc) is 3.21. The fraction of sp³-hybridized carbons (Fsp3) is 0.273. The van der Waals surface area contributed by atoms with Gasteiger partial charge in [0.15, 0.2) is 0 Å². The van der Waals surface area contributed by atoms with Crippen molar-refractivity contribution in [3.63, 3.8) is 0 Å². The lowest BCUT2D eigenvalue weighted by Crippen LogP contribution is -2.40. The predicted octanol–water partition coefficient (Wildman–Crippen LogP) is 3.58. The number of carbonyl (C=O) groups excluding carboxylic acids is 1. The molecule has 2 N–H and O–H groups in total. The fourth-order valence-corrected chi connectivity index (χ4v) is 4.91. The van der Waals surface area contributed by atoms with E-state index in [0.717, 1.165) is 11.3 Å². The Hall–Kier alpha value is -2.68. The summed E-state index contributed by atoms with van der Waals surface area (Å²) in [5.74, 6) is -0.364. The van der Waals surface area contributed by atoms with Crippen LogP contribution in [0.5, 0.6) is 0 Å². The maximum atomic E-state index is 12.6. The number of hydrogen-bond donors (Lipinski definition) is 2. The van der Waals surface area contributed by atoms with Crippen LogP contribution < -0.4 is 10.0 Å². The molecule has 0 spiro atoms. The zero-order valence-electron chi connectivity index (χ0n) is 17.6. The molecular formula is C22H25ClN4O3S. The van der Waals surface area contributed by atoms with E-state index < -0.39 is 15.6 Å². The lowest BCUT2D eigenvalue weighted by atomic mass is 10.1. The number of amides is 1. The molecule has 0 fully saturated rings. The predicted molar refractivity (Wildman–Crippen MR) is 121 cm³/mol. The van der Waals surface area contributed by atoms with Crippen LogP contribution in [0.4, 0.5) is 0 Å². The van der Waals surface area contributed by atoms with Gasteiger partial charge in [0.25, 0.3) is 5.91 Å². The molecule has 164 valence electrons. The first-order valence-electron chi connectivity index (χ1n) is 9.76. The van der Waals surface area contributed by atoms with Crippen molar-refractivity contribution in [2.45, 2.75) is 37.6 Å². The summed E-state index contributed by atoms with van der Waals surface area (Å²) in [5, 5.41) is 7.07. The molecule has 0 aliphatic heterocycles. The van der Waals surface area contributed by atoms with Gasteiger partial charge < -0.3 is 5.32 Å². The van der Waals surface area contributed by atoms with E-state index in [-0.39, 0.29) is 21.4 Å². The molecule has 31 heavy (non-hydrogen) atoms. The molecule has 1 aromatic heterocycles. The number of halogens is 1. The van der Waals surface area contributed by atoms with Crippen LogP contribution in [0.25, 0.3) is 5.69 Å². The van der Waals surface area contributed by atoms with E-state index in [4.69, 9.17) is 11.6 Å². The van der Waals surface area contributed by atoms with Crippen LogP contribution in [0.3, 0.4) is 0 Å². The fourth-order valence-electron chi connectivity index (χ4n) is 2.97. The molecule has 3 rings (SSSR count). The molecule has 1 amide bonds. The monoisotopic (exact) mass is 460 g/mol. The van der Waals surface area contributed by atoms with E-state index in [2.05, 4.69) is 15.1 Å². The molecule has 0 aliphatic rings. The van der Waals surface area contributed by atoms with E-state index in [1.54, 1.807) is 31.6 Å². The van der Waals surface area contributed by atoms with Gasteiger partial charge in [0, 0.05) is 30.0 Å². The summed E-state index contributed by atoms with van der Waals surface area (Å²) in [5.41, 5.74) is 1.57. The van der Waals surface area contributed by atoms with Crippen molar-refractivity contribution in [3.05, 3.63) is 77.1 Å². The number of rotatable bonds is 7. The Morgan fingerprint density at radius 1 is 1.13 bits per heavy atom. The first-order valence-corrected chi connectivity index (χ1v) is 11.6. The normalized spacial score (nSPS) is 12.0. The van der Waals surface area contributed by atoms with Crippen molar-refractivity contribution in [2.75, 3.05) is 6.54 Å². The molecule has 7 nitrogen and oxygen atoms in total. The van der Waals surface area contributed by atoms with Crippen molar-refractivity contribution in [1.82, 2.24) is 19.8 Å². The molecule has 9 heteroatoms. The Morgan fingerprint density at radius 3 is 2.45 bits per heavy atom. The van der Waals surface area contributed by atoms with E-state index >= 15 is 0 Å². The van der Waals surface area contributed by atoms with Crippen LogP contribution in [0.1, 0.15) is 36.7 Å². The molecule has 0 bridgehead atoms. The first-order chi connectivity index (χ1) is 14.5. The lowest BCUT2D eigenvalue weighted by molar-refractivity contribution is 0.0954. The Morgan fingerprint density at radius 2 is 1.84 bits per heavy atom. The van der Waals surface area contributed by atoms with Gasteiger partial charge in [-0.2, -0.15) is 5.10 Å². The molecule has 0 unspecified atom stereocenters. The van der Waals surface area contributed by atoms with Gasteiger partial charge in [-0.15, -0.1) is 0 Å². The van der Waals surface area contributed by atoms with Gasteiger partial charge in [0.05, 0.1) is 10.7 Å². The van der Waals surface area contributed by atoms with Crippen LogP contribution >= 0.6 is 11.6 Å². The maximum absolute atomic E-state index is 12.6. The molecule has 3 aromatic rings. The number of sulfonamides is 1. The molecule has 0 saturated carbocycles. The standard InChI is InChI=1S/C22H25ClN4O3S/c1-22(2,3)26-31(29,30)20-15-17(7-10-19(20)23)21(28)24-13-11-16-5-8-18(9-6-16)27-14-4-12-25-27/h4-10,12,14-15,26H,11,13H2,1-3H3,(H,24,28). The van der Waals surface area contributed by atoms with Crippen molar-refractivity contribution >= 4 is 27.5 Å². The Balaban J connectivity index is 1.63. The van der Waals surface area contributed by atoms with E-state index in [9.17, 15) is 13.2 Å². The topological polar surface area (TPSA) is 93.1 Å². The number of nitrogens with one attached hydrogen (secondary N) is 2. The van der Waals surface area contributed by atoms with E-state index in [1.807, 2.05) is 36.5 Å². The van der Waals surface area contributed by atoms with Crippen LogP contribution in [-0.4, -0.2) is 36.2 Å². The van der Waals surface area contributed by atoms with Crippen LogP contribution in [0, 0.1) is 0 Å². The molecule has 1 heterocycles. The Kier molecular flexibility index (Phi) is 6.83. The van der Waals surface area contributed by atoms with Crippen LogP contribution in [0.15, 0.2) is 65.8 Å². The molecule has 2 aromatic carbocycles. The molecule has 0 atom stereocenters. The highest BCUT2D eigenvalue weighted by Gasteiger charge is 2.25. The summed E-state index contributed by atoms with van der Waals surface area (Å²) in [7, 11) is -3.86. The van der Waals surface area contributed by atoms with Crippen LogP contribution in [-0.2, 0) is 16.4 Å². The highest BCUT2D eigenvalue weighted by atomic mass is 35.5. The van der Waals surface area contributed by atoms with Crippen LogP contribution in [0.2, 0.25) is 5.02 Å². The zero-order valence-corrected chi connectivity index (χ0v) is 19.2. The highest BCUT2D eigenvalue weighted by molar-refractivity contribution is 7.89. The summed E-state index contributed by atoms with van der Waals surface area (Å²) in [6.07, 6.45) is 4.22. The molecule has 0 aliphatic carbocycles. The van der Waals surface area contributed by atoms with Gasteiger partial charge in [0.2, 0.25) is 10.0 Å². The third kappa shape index (κ3) is 6.16. The summed E-state index contributed by atoms with van der Waals surface area (Å²) >= 11 is 6.09.